The smallest absolute Gasteiger partial charge is 0.238 e. The lowest BCUT2D eigenvalue weighted by Crippen LogP contribution is -2.28. The highest BCUT2D eigenvalue weighted by Crippen LogP contribution is 2.19. The summed E-state index contributed by atoms with van der Waals surface area (Å²) in [6.07, 6.45) is 0. The Morgan fingerprint density at radius 1 is 1.44 bits per heavy atom. The highest BCUT2D eigenvalue weighted by atomic mass is 35.5. The van der Waals surface area contributed by atoms with Crippen molar-refractivity contribution in [1.29, 1.82) is 0 Å². The number of fused-ring (bicyclic) bond motifs is 1. The average Bonchev–Trinajstić information content (AvgIpc) is 2.61. The maximum absolute atomic E-state index is 11.4. The first-order valence-corrected chi connectivity index (χ1v) is 6.39. The van der Waals surface area contributed by atoms with Crippen LogP contribution in [0.1, 0.15) is 18.2 Å². The molecule has 2 aromatic rings. The predicted octanol–water partition coefficient (Wildman–Crippen LogP) is 2.73. The molecule has 1 atom stereocenters. The van der Waals surface area contributed by atoms with Gasteiger partial charge in [0.05, 0.1) is 0 Å². The van der Waals surface area contributed by atoms with Crippen LogP contribution in [0.2, 0.25) is 0 Å². The maximum Gasteiger partial charge on any atom is 0.238 e. The van der Waals surface area contributed by atoms with Crippen molar-refractivity contribution < 1.29 is 4.79 Å². The Labute approximate surface area is 112 Å². The SMILES string of the molecule is Cc1cc2cc(CNC(=O)[C@@H](C)Cl)ccc2n1C. The zero-order valence-electron chi connectivity index (χ0n) is 10.8. The summed E-state index contributed by atoms with van der Waals surface area (Å²) >= 11 is 5.70. The zero-order chi connectivity index (χ0) is 13.3. The van der Waals surface area contributed by atoms with E-state index in [0.717, 1.165) is 5.56 Å². The second kappa shape index (κ2) is 5.02. The number of hydrogen-bond donors (Lipinski definition) is 1. The minimum absolute atomic E-state index is 0.138. The fourth-order valence-electron chi connectivity index (χ4n) is 1.98. The van der Waals surface area contributed by atoms with Crippen LogP contribution in [0.15, 0.2) is 24.3 Å². The Morgan fingerprint density at radius 3 is 2.83 bits per heavy atom. The molecule has 1 aromatic heterocycles. The Kier molecular flexibility index (Phi) is 3.62. The lowest BCUT2D eigenvalue weighted by atomic mass is 10.1. The lowest BCUT2D eigenvalue weighted by molar-refractivity contribution is -0.120. The van der Waals surface area contributed by atoms with Crippen LogP contribution in [0.4, 0.5) is 0 Å². The van der Waals surface area contributed by atoms with Gasteiger partial charge in [0.1, 0.15) is 5.38 Å². The molecule has 1 aromatic carbocycles. The fourth-order valence-corrected chi connectivity index (χ4v) is 2.05. The molecule has 1 amide bonds. The fraction of sp³-hybridized carbons (Fsp3) is 0.357. The van der Waals surface area contributed by atoms with Crippen molar-refractivity contribution in [3.05, 3.63) is 35.5 Å². The van der Waals surface area contributed by atoms with E-state index in [0.29, 0.717) is 6.54 Å². The van der Waals surface area contributed by atoms with E-state index in [1.54, 1.807) is 6.92 Å². The van der Waals surface area contributed by atoms with E-state index in [9.17, 15) is 4.79 Å². The summed E-state index contributed by atoms with van der Waals surface area (Å²) in [5, 5.41) is 3.51. The van der Waals surface area contributed by atoms with Crippen LogP contribution >= 0.6 is 11.6 Å². The molecule has 0 aliphatic carbocycles. The summed E-state index contributed by atoms with van der Waals surface area (Å²) in [6.45, 7) is 4.26. The van der Waals surface area contributed by atoms with Crippen LogP contribution in [0.3, 0.4) is 0 Å². The van der Waals surface area contributed by atoms with Gasteiger partial charge in [0.15, 0.2) is 0 Å². The molecule has 2 rings (SSSR count). The van der Waals surface area contributed by atoms with Gasteiger partial charge in [-0.15, -0.1) is 11.6 Å². The molecule has 1 N–H and O–H groups in total. The number of rotatable bonds is 3. The zero-order valence-corrected chi connectivity index (χ0v) is 11.6. The molecule has 0 fully saturated rings. The third-order valence-electron chi connectivity index (χ3n) is 3.17. The number of aromatic nitrogens is 1. The molecule has 0 radical (unpaired) electrons. The Hall–Kier alpha value is -1.48. The third kappa shape index (κ3) is 2.51. The Bertz CT molecular complexity index is 587. The summed E-state index contributed by atoms with van der Waals surface area (Å²) in [4.78, 5) is 11.4. The number of carbonyl (C=O) groups is 1. The van der Waals surface area contributed by atoms with Crippen LogP contribution < -0.4 is 5.32 Å². The van der Waals surface area contributed by atoms with Gasteiger partial charge in [-0.2, -0.15) is 0 Å². The molecule has 0 saturated heterocycles. The van der Waals surface area contributed by atoms with E-state index in [2.05, 4.69) is 35.0 Å². The molecule has 0 aliphatic heterocycles. The van der Waals surface area contributed by atoms with Crippen molar-refractivity contribution in [1.82, 2.24) is 9.88 Å². The second-order valence-electron chi connectivity index (χ2n) is 4.57. The number of nitrogens with one attached hydrogen (secondary N) is 1. The monoisotopic (exact) mass is 264 g/mol. The van der Waals surface area contributed by atoms with Gasteiger partial charge in [0.2, 0.25) is 5.91 Å². The maximum atomic E-state index is 11.4. The normalized spacial score (nSPS) is 12.7. The molecule has 4 heteroatoms. The third-order valence-corrected chi connectivity index (χ3v) is 3.37. The summed E-state index contributed by atoms with van der Waals surface area (Å²) in [5.41, 5.74) is 3.51. The molecular formula is C14H17ClN2O. The number of amides is 1. The lowest BCUT2D eigenvalue weighted by Gasteiger charge is -2.07. The first-order chi connectivity index (χ1) is 8.49. The first-order valence-electron chi connectivity index (χ1n) is 5.96. The van der Waals surface area contributed by atoms with Crippen molar-refractivity contribution in [2.45, 2.75) is 25.8 Å². The molecule has 0 unspecified atom stereocenters. The summed E-state index contributed by atoms with van der Waals surface area (Å²) < 4.78 is 2.15. The van der Waals surface area contributed by atoms with Crippen molar-refractivity contribution in [2.24, 2.45) is 7.05 Å². The topological polar surface area (TPSA) is 34.0 Å². The van der Waals surface area contributed by atoms with E-state index in [4.69, 9.17) is 11.6 Å². The Balaban J connectivity index is 2.18. The molecule has 18 heavy (non-hydrogen) atoms. The van der Waals surface area contributed by atoms with E-state index in [1.807, 2.05) is 13.1 Å². The van der Waals surface area contributed by atoms with Crippen molar-refractivity contribution in [2.75, 3.05) is 0 Å². The number of aryl methyl sites for hydroxylation is 2. The van der Waals surface area contributed by atoms with Gasteiger partial charge in [-0.25, -0.2) is 0 Å². The standard InChI is InChI=1S/C14H17ClN2O/c1-9-6-12-7-11(4-5-13(12)17(9)3)8-16-14(18)10(2)15/h4-7,10H,8H2,1-3H3,(H,16,18)/t10-/m1/s1. The Morgan fingerprint density at radius 2 is 2.17 bits per heavy atom. The number of alkyl halides is 1. The van der Waals surface area contributed by atoms with Gasteiger partial charge in [-0.05, 0) is 37.6 Å². The molecule has 1 heterocycles. The average molecular weight is 265 g/mol. The molecule has 0 bridgehead atoms. The molecule has 0 aliphatic rings. The van der Waals surface area contributed by atoms with E-state index in [-0.39, 0.29) is 5.91 Å². The summed E-state index contributed by atoms with van der Waals surface area (Å²) in [6, 6.07) is 8.35. The highest BCUT2D eigenvalue weighted by Gasteiger charge is 2.08. The minimum Gasteiger partial charge on any atom is -0.351 e. The van der Waals surface area contributed by atoms with Crippen LogP contribution in [0.25, 0.3) is 10.9 Å². The number of carbonyl (C=O) groups excluding carboxylic acids is 1. The van der Waals surface area contributed by atoms with Gasteiger partial charge >= 0.3 is 0 Å². The van der Waals surface area contributed by atoms with Crippen LogP contribution in [0, 0.1) is 6.92 Å². The van der Waals surface area contributed by atoms with Gasteiger partial charge < -0.3 is 9.88 Å². The molecule has 3 nitrogen and oxygen atoms in total. The predicted molar refractivity (Wildman–Crippen MR) is 74.8 cm³/mol. The van der Waals surface area contributed by atoms with Gasteiger partial charge in [0.25, 0.3) is 0 Å². The van der Waals surface area contributed by atoms with Gasteiger partial charge in [-0.3, -0.25) is 4.79 Å². The summed E-state index contributed by atoms with van der Waals surface area (Å²) in [7, 11) is 2.05. The van der Waals surface area contributed by atoms with E-state index in [1.165, 1.54) is 16.6 Å². The highest BCUT2D eigenvalue weighted by molar-refractivity contribution is 6.30. The number of hydrogen-bond acceptors (Lipinski definition) is 1. The van der Waals surface area contributed by atoms with Gasteiger partial charge in [-0.1, -0.05) is 6.07 Å². The molecular weight excluding hydrogens is 248 g/mol. The quantitative estimate of drug-likeness (QED) is 0.850. The first kappa shape index (κ1) is 13.0. The van der Waals surface area contributed by atoms with Crippen LogP contribution in [-0.2, 0) is 18.4 Å². The minimum atomic E-state index is -0.493. The second-order valence-corrected chi connectivity index (χ2v) is 5.23. The largest absolute Gasteiger partial charge is 0.351 e. The van der Waals surface area contributed by atoms with Crippen LogP contribution in [-0.4, -0.2) is 15.9 Å². The molecule has 0 spiro atoms. The number of benzene rings is 1. The van der Waals surface area contributed by atoms with E-state index >= 15 is 0 Å². The van der Waals surface area contributed by atoms with Crippen molar-refractivity contribution in [3.8, 4) is 0 Å². The van der Waals surface area contributed by atoms with Crippen molar-refractivity contribution >= 4 is 28.4 Å². The number of nitrogens with zero attached hydrogens (tertiary/aromatic N) is 1. The molecule has 96 valence electrons. The van der Waals surface area contributed by atoms with Gasteiger partial charge in [0, 0.05) is 30.2 Å². The van der Waals surface area contributed by atoms with Crippen LogP contribution in [0.5, 0.6) is 0 Å². The molecule has 0 saturated carbocycles. The van der Waals surface area contributed by atoms with Crippen molar-refractivity contribution in [3.63, 3.8) is 0 Å². The summed E-state index contributed by atoms with van der Waals surface area (Å²) in [5.74, 6) is -0.138. The number of halogens is 1. The van der Waals surface area contributed by atoms with E-state index < -0.39 is 5.38 Å².